The molecule has 0 unspecified atom stereocenters. The lowest BCUT2D eigenvalue weighted by molar-refractivity contribution is 0.937. The van der Waals surface area contributed by atoms with Gasteiger partial charge >= 0.3 is 0 Å². The summed E-state index contributed by atoms with van der Waals surface area (Å²) in [6.07, 6.45) is 3.52. The summed E-state index contributed by atoms with van der Waals surface area (Å²) >= 11 is 0. The summed E-state index contributed by atoms with van der Waals surface area (Å²) in [5, 5.41) is 8.70. The van der Waals surface area contributed by atoms with Crippen LogP contribution in [0.25, 0.3) is 16.7 Å². The van der Waals surface area contributed by atoms with Crippen molar-refractivity contribution < 1.29 is 0 Å². The van der Waals surface area contributed by atoms with Crippen LogP contribution in [0.1, 0.15) is 11.4 Å². The van der Waals surface area contributed by atoms with E-state index in [2.05, 4.69) is 9.97 Å². The van der Waals surface area contributed by atoms with Crippen LogP contribution in [0.15, 0.2) is 42.7 Å². The molecular weight excluding hydrogens is 238 g/mol. The summed E-state index contributed by atoms with van der Waals surface area (Å²) in [7, 11) is 0. The van der Waals surface area contributed by atoms with Crippen molar-refractivity contribution in [2.75, 3.05) is 0 Å². The van der Waals surface area contributed by atoms with Gasteiger partial charge in [-0.05, 0) is 19.1 Å². The minimum absolute atomic E-state index is 0.00125. The number of fused-ring (bicyclic) bond motifs is 1. The maximum absolute atomic E-state index is 7.73. The highest BCUT2D eigenvalue weighted by molar-refractivity contribution is 6.01. The van der Waals surface area contributed by atoms with Crippen molar-refractivity contribution in [3.05, 3.63) is 54.1 Å². The van der Waals surface area contributed by atoms with Crippen LogP contribution >= 0.6 is 0 Å². The van der Waals surface area contributed by atoms with Gasteiger partial charge < -0.3 is 5.73 Å². The van der Waals surface area contributed by atoms with Gasteiger partial charge in [-0.3, -0.25) is 9.98 Å². The highest BCUT2D eigenvalue weighted by atomic mass is 15.1. The first-order chi connectivity index (χ1) is 9.16. The van der Waals surface area contributed by atoms with Crippen LogP contribution in [-0.4, -0.2) is 20.4 Å². The number of pyridine rings is 1. The Kier molecular flexibility index (Phi) is 2.52. The molecule has 0 aliphatic heterocycles. The van der Waals surface area contributed by atoms with E-state index in [4.69, 9.17) is 11.1 Å². The number of hydrogen-bond donors (Lipinski definition) is 2. The van der Waals surface area contributed by atoms with E-state index < -0.39 is 0 Å². The molecule has 3 N–H and O–H groups in total. The molecule has 2 heterocycles. The monoisotopic (exact) mass is 251 g/mol. The second kappa shape index (κ2) is 4.20. The second-order valence-corrected chi connectivity index (χ2v) is 4.31. The van der Waals surface area contributed by atoms with Gasteiger partial charge in [0.05, 0.1) is 11.1 Å². The third kappa shape index (κ3) is 1.85. The minimum Gasteiger partial charge on any atom is -0.384 e. The molecule has 0 radical (unpaired) electrons. The van der Waals surface area contributed by atoms with Crippen molar-refractivity contribution in [1.82, 2.24) is 14.5 Å². The van der Waals surface area contributed by atoms with E-state index in [9.17, 15) is 0 Å². The SMILES string of the molecule is Cc1nccn1-c1nc2ccccc2cc1C(=N)N. The Morgan fingerprint density at radius 3 is 2.79 bits per heavy atom. The molecule has 0 saturated carbocycles. The largest absolute Gasteiger partial charge is 0.384 e. The maximum Gasteiger partial charge on any atom is 0.149 e. The van der Waals surface area contributed by atoms with Gasteiger partial charge in [-0.1, -0.05) is 18.2 Å². The smallest absolute Gasteiger partial charge is 0.149 e. The molecule has 5 heteroatoms. The predicted octanol–water partition coefficient (Wildman–Crippen LogP) is 2.01. The first kappa shape index (κ1) is 11.4. The normalized spacial score (nSPS) is 10.8. The molecule has 0 atom stereocenters. The number of benzene rings is 1. The van der Waals surface area contributed by atoms with Crippen molar-refractivity contribution in [1.29, 1.82) is 5.41 Å². The number of aromatic nitrogens is 3. The Labute approximate surface area is 110 Å². The predicted molar refractivity (Wildman–Crippen MR) is 74.6 cm³/mol. The molecule has 0 amide bonds. The molecule has 0 bridgehead atoms. The van der Waals surface area contributed by atoms with Gasteiger partial charge in [0, 0.05) is 17.8 Å². The highest BCUT2D eigenvalue weighted by Crippen LogP contribution is 2.20. The third-order valence-corrected chi connectivity index (χ3v) is 3.05. The Morgan fingerprint density at radius 2 is 2.11 bits per heavy atom. The van der Waals surface area contributed by atoms with E-state index in [-0.39, 0.29) is 5.84 Å². The van der Waals surface area contributed by atoms with E-state index >= 15 is 0 Å². The van der Waals surface area contributed by atoms with E-state index in [0.717, 1.165) is 16.7 Å². The fourth-order valence-electron chi connectivity index (χ4n) is 2.09. The average molecular weight is 251 g/mol. The zero-order chi connectivity index (χ0) is 13.4. The first-order valence-electron chi connectivity index (χ1n) is 5.91. The maximum atomic E-state index is 7.73. The number of nitrogens with zero attached hydrogens (tertiary/aromatic N) is 3. The van der Waals surface area contributed by atoms with Crippen molar-refractivity contribution in [2.24, 2.45) is 5.73 Å². The third-order valence-electron chi connectivity index (χ3n) is 3.05. The Balaban J connectivity index is 2.36. The lowest BCUT2D eigenvalue weighted by Crippen LogP contribution is -2.16. The number of para-hydroxylation sites is 1. The summed E-state index contributed by atoms with van der Waals surface area (Å²) in [4.78, 5) is 8.79. The molecule has 0 saturated heterocycles. The van der Waals surface area contributed by atoms with Gasteiger partial charge in [-0.25, -0.2) is 9.97 Å². The molecule has 19 heavy (non-hydrogen) atoms. The number of nitrogens with one attached hydrogen (secondary N) is 1. The number of hydrogen-bond acceptors (Lipinski definition) is 3. The Hall–Kier alpha value is -2.69. The van der Waals surface area contributed by atoms with Gasteiger partial charge in [-0.2, -0.15) is 0 Å². The molecule has 3 rings (SSSR count). The van der Waals surface area contributed by atoms with Crippen molar-refractivity contribution in [2.45, 2.75) is 6.92 Å². The second-order valence-electron chi connectivity index (χ2n) is 4.31. The summed E-state index contributed by atoms with van der Waals surface area (Å²) in [5.41, 5.74) is 7.15. The zero-order valence-electron chi connectivity index (χ0n) is 10.5. The lowest BCUT2D eigenvalue weighted by atomic mass is 10.1. The molecule has 0 aliphatic rings. The minimum atomic E-state index is 0.00125. The zero-order valence-corrected chi connectivity index (χ0v) is 10.5. The van der Waals surface area contributed by atoms with E-state index in [0.29, 0.717) is 11.4 Å². The quantitative estimate of drug-likeness (QED) is 0.540. The van der Waals surface area contributed by atoms with Crippen LogP contribution in [0.2, 0.25) is 0 Å². The number of nitrogens with two attached hydrogens (primary N) is 1. The van der Waals surface area contributed by atoms with Gasteiger partial charge in [0.2, 0.25) is 0 Å². The highest BCUT2D eigenvalue weighted by Gasteiger charge is 2.12. The van der Waals surface area contributed by atoms with Gasteiger partial charge in [0.25, 0.3) is 0 Å². The van der Waals surface area contributed by atoms with Crippen LogP contribution in [0, 0.1) is 12.3 Å². The van der Waals surface area contributed by atoms with Gasteiger partial charge in [-0.15, -0.1) is 0 Å². The van der Waals surface area contributed by atoms with Crippen LogP contribution < -0.4 is 5.73 Å². The molecule has 94 valence electrons. The molecule has 0 spiro atoms. The molecule has 0 aliphatic carbocycles. The van der Waals surface area contributed by atoms with Gasteiger partial charge in [0.15, 0.2) is 0 Å². The lowest BCUT2D eigenvalue weighted by Gasteiger charge is -2.11. The average Bonchev–Trinajstić information content (AvgIpc) is 2.83. The Morgan fingerprint density at radius 1 is 1.32 bits per heavy atom. The van der Waals surface area contributed by atoms with Crippen LogP contribution in [0.4, 0.5) is 0 Å². The van der Waals surface area contributed by atoms with Crippen molar-refractivity contribution >= 4 is 16.7 Å². The Bertz CT molecular complexity index is 772. The van der Waals surface area contributed by atoms with Crippen LogP contribution in [-0.2, 0) is 0 Å². The standard InChI is InChI=1S/C14H13N5/c1-9-17-6-7-19(9)14-11(13(15)16)8-10-4-2-3-5-12(10)18-14/h2-8H,1H3,(H3,15,16). The molecule has 3 aromatic rings. The van der Waals surface area contributed by atoms with E-state index in [1.54, 1.807) is 6.20 Å². The van der Waals surface area contributed by atoms with Crippen molar-refractivity contribution in [3.63, 3.8) is 0 Å². The molecule has 5 nitrogen and oxygen atoms in total. The van der Waals surface area contributed by atoms with E-state index in [1.807, 2.05) is 48.0 Å². The van der Waals surface area contributed by atoms with E-state index in [1.165, 1.54) is 0 Å². The summed E-state index contributed by atoms with van der Waals surface area (Å²) in [6, 6.07) is 9.66. The number of imidazole rings is 1. The fraction of sp³-hybridized carbons (Fsp3) is 0.0714. The van der Waals surface area contributed by atoms with Crippen LogP contribution in [0.3, 0.4) is 0 Å². The molecule has 1 aromatic carbocycles. The number of nitrogen functional groups attached to an aromatic ring is 1. The first-order valence-corrected chi connectivity index (χ1v) is 5.91. The summed E-state index contributed by atoms with van der Waals surface area (Å²) in [5.74, 6) is 1.45. The van der Waals surface area contributed by atoms with Crippen molar-refractivity contribution in [3.8, 4) is 5.82 Å². The van der Waals surface area contributed by atoms with Gasteiger partial charge in [0.1, 0.15) is 17.5 Å². The number of aryl methyl sites for hydroxylation is 1. The fourth-order valence-corrected chi connectivity index (χ4v) is 2.09. The molecular formula is C14H13N5. The molecule has 2 aromatic heterocycles. The molecule has 0 fully saturated rings. The van der Waals surface area contributed by atoms with Crippen LogP contribution in [0.5, 0.6) is 0 Å². The number of amidine groups is 1. The summed E-state index contributed by atoms with van der Waals surface area (Å²) in [6.45, 7) is 1.89. The number of rotatable bonds is 2. The topological polar surface area (TPSA) is 80.6 Å². The summed E-state index contributed by atoms with van der Waals surface area (Å²) < 4.78 is 1.84.